The first-order valence-electron chi connectivity index (χ1n) is 6.54. The maximum absolute atomic E-state index is 13.2. The van der Waals surface area contributed by atoms with Gasteiger partial charge in [-0.3, -0.25) is 0 Å². The summed E-state index contributed by atoms with van der Waals surface area (Å²) in [7, 11) is 0. The van der Waals surface area contributed by atoms with Crippen molar-refractivity contribution in [2.75, 3.05) is 5.32 Å². The Morgan fingerprint density at radius 1 is 1.10 bits per heavy atom. The minimum atomic E-state index is -2.87. The number of hydrogen-bond acceptors (Lipinski definition) is 2. The van der Waals surface area contributed by atoms with Crippen LogP contribution in [0.4, 0.5) is 18.9 Å². The second kappa shape index (κ2) is 6.52. The van der Waals surface area contributed by atoms with E-state index in [1.54, 1.807) is 37.3 Å². The molecule has 1 N–H and O–H groups in total. The van der Waals surface area contributed by atoms with Crippen molar-refractivity contribution in [2.24, 2.45) is 0 Å². The number of nitrogens with one attached hydrogen (secondary N) is 1. The van der Waals surface area contributed by atoms with Crippen LogP contribution in [0.15, 0.2) is 42.5 Å². The molecular formula is C16H16F3NO. The molecule has 2 aromatic rings. The van der Waals surface area contributed by atoms with Gasteiger partial charge in [-0.15, -0.1) is 0 Å². The Kier molecular flexibility index (Phi) is 4.73. The van der Waals surface area contributed by atoms with Crippen LogP contribution in [0.5, 0.6) is 5.75 Å². The van der Waals surface area contributed by atoms with Gasteiger partial charge in [-0.05, 0) is 43.7 Å². The van der Waals surface area contributed by atoms with E-state index in [2.05, 4.69) is 10.1 Å². The lowest BCUT2D eigenvalue weighted by atomic mass is 10.1. The number of benzene rings is 2. The zero-order chi connectivity index (χ0) is 15.4. The van der Waals surface area contributed by atoms with Crippen LogP contribution in [0.2, 0.25) is 0 Å². The quantitative estimate of drug-likeness (QED) is 0.846. The number of anilines is 1. The summed E-state index contributed by atoms with van der Waals surface area (Å²) in [4.78, 5) is 0. The molecule has 0 aromatic heterocycles. The van der Waals surface area contributed by atoms with Gasteiger partial charge < -0.3 is 10.1 Å². The van der Waals surface area contributed by atoms with Gasteiger partial charge in [-0.2, -0.15) is 8.78 Å². The van der Waals surface area contributed by atoms with Crippen LogP contribution in [0.1, 0.15) is 24.1 Å². The van der Waals surface area contributed by atoms with Crippen molar-refractivity contribution in [3.8, 4) is 5.75 Å². The molecule has 0 saturated carbocycles. The van der Waals surface area contributed by atoms with E-state index in [1.807, 2.05) is 6.92 Å². The number of ether oxygens (including phenoxy) is 1. The van der Waals surface area contributed by atoms with Gasteiger partial charge in [-0.1, -0.05) is 18.2 Å². The Morgan fingerprint density at radius 2 is 1.81 bits per heavy atom. The van der Waals surface area contributed by atoms with Gasteiger partial charge in [0, 0.05) is 11.3 Å². The Hall–Kier alpha value is -2.17. The Bertz CT molecular complexity index is 616. The van der Waals surface area contributed by atoms with E-state index >= 15 is 0 Å². The number of halogens is 3. The summed E-state index contributed by atoms with van der Waals surface area (Å²) >= 11 is 0. The molecule has 112 valence electrons. The molecule has 0 aliphatic rings. The zero-order valence-corrected chi connectivity index (χ0v) is 11.7. The maximum Gasteiger partial charge on any atom is 0.387 e. The summed E-state index contributed by atoms with van der Waals surface area (Å²) in [6.07, 6.45) is 0. The lowest BCUT2D eigenvalue weighted by molar-refractivity contribution is -0.0505. The Balaban J connectivity index is 2.19. The van der Waals surface area contributed by atoms with Crippen LogP contribution >= 0.6 is 0 Å². The van der Waals surface area contributed by atoms with Gasteiger partial charge in [0.2, 0.25) is 0 Å². The third-order valence-electron chi connectivity index (χ3n) is 3.14. The summed E-state index contributed by atoms with van der Waals surface area (Å²) in [5.74, 6) is -0.152. The van der Waals surface area contributed by atoms with Crippen molar-refractivity contribution in [2.45, 2.75) is 26.5 Å². The first-order chi connectivity index (χ1) is 9.97. The Morgan fingerprint density at radius 3 is 2.48 bits per heavy atom. The molecule has 0 amide bonds. The van der Waals surface area contributed by atoms with E-state index in [-0.39, 0.29) is 17.6 Å². The minimum absolute atomic E-state index is 0.131. The van der Waals surface area contributed by atoms with Crippen molar-refractivity contribution in [1.29, 1.82) is 0 Å². The number of rotatable bonds is 5. The second-order valence-corrected chi connectivity index (χ2v) is 4.75. The van der Waals surface area contributed by atoms with E-state index in [4.69, 9.17) is 0 Å². The van der Waals surface area contributed by atoms with Crippen LogP contribution in [0.3, 0.4) is 0 Å². The van der Waals surface area contributed by atoms with Gasteiger partial charge in [0.05, 0.1) is 6.04 Å². The van der Waals surface area contributed by atoms with Crippen molar-refractivity contribution in [3.05, 3.63) is 59.4 Å². The highest BCUT2D eigenvalue weighted by atomic mass is 19.3. The molecule has 0 aliphatic heterocycles. The summed E-state index contributed by atoms with van der Waals surface area (Å²) in [6.45, 7) is 0.622. The molecule has 0 bridgehead atoms. The monoisotopic (exact) mass is 295 g/mol. The molecule has 1 atom stereocenters. The Labute approximate surface area is 121 Å². The number of hydrogen-bond donors (Lipinski definition) is 1. The molecule has 2 rings (SSSR count). The summed E-state index contributed by atoms with van der Waals surface area (Å²) in [6, 6.07) is 11.0. The molecule has 0 fully saturated rings. The molecule has 0 heterocycles. The average Bonchev–Trinajstić information content (AvgIpc) is 2.43. The molecule has 0 saturated heterocycles. The van der Waals surface area contributed by atoms with Gasteiger partial charge >= 0.3 is 6.61 Å². The summed E-state index contributed by atoms with van der Waals surface area (Å²) in [5, 5.41) is 3.15. The molecule has 0 radical (unpaired) electrons. The van der Waals surface area contributed by atoms with Crippen molar-refractivity contribution >= 4 is 5.69 Å². The highest BCUT2D eigenvalue weighted by molar-refractivity contribution is 5.49. The lowest BCUT2D eigenvalue weighted by Gasteiger charge is -2.19. The molecule has 5 heteroatoms. The van der Waals surface area contributed by atoms with E-state index in [0.717, 1.165) is 0 Å². The lowest BCUT2D eigenvalue weighted by Crippen LogP contribution is -2.11. The normalized spacial score (nSPS) is 12.3. The number of para-hydroxylation sites is 1. The van der Waals surface area contributed by atoms with E-state index < -0.39 is 6.61 Å². The third kappa shape index (κ3) is 3.90. The van der Waals surface area contributed by atoms with Gasteiger partial charge in [-0.25, -0.2) is 4.39 Å². The number of aryl methyl sites for hydroxylation is 1. The zero-order valence-electron chi connectivity index (χ0n) is 11.7. The maximum atomic E-state index is 13.2. The molecule has 1 unspecified atom stereocenters. The van der Waals surface area contributed by atoms with Crippen LogP contribution in [0, 0.1) is 12.7 Å². The van der Waals surface area contributed by atoms with Crippen LogP contribution in [-0.2, 0) is 0 Å². The van der Waals surface area contributed by atoms with Crippen molar-refractivity contribution in [1.82, 2.24) is 0 Å². The van der Waals surface area contributed by atoms with E-state index in [1.165, 1.54) is 12.1 Å². The first kappa shape index (κ1) is 15.2. The summed E-state index contributed by atoms with van der Waals surface area (Å²) < 4.78 is 42.6. The fourth-order valence-corrected chi connectivity index (χ4v) is 2.10. The number of alkyl halides is 2. The topological polar surface area (TPSA) is 21.3 Å². The molecule has 2 aromatic carbocycles. The molecule has 0 spiro atoms. The van der Waals surface area contributed by atoms with Gasteiger partial charge in [0.25, 0.3) is 0 Å². The van der Waals surface area contributed by atoms with E-state index in [9.17, 15) is 13.2 Å². The second-order valence-electron chi connectivity index (χ2n) is 4.75. The van der Waals surface area contributed by atoms with Crippen LogP contribution in [-0.4, -0.2) is 6.61 Å². The predicted molar refractivity (Wildman–Crippen MR) is 76.2 cm³/mol. The van der Waals surface area contributed by atoms with Crippen LogP contribution in [0.25, 0.3) is 0 Å². The molecule has 2 nitrogen and oxygen atoms in total. The van der Waals surface area contributed by atoms with Gasteiger partial charge in [0.15, 0.2) is 0 Å². The van der Waals surface area contributed by atoms with Crippen molar-refractivity contribution in [3.63, 3.8) is 0 Å². The highest BCUT2D eigenvalue weighted by Gasteiger charge is 2.14. The SMILES string of the molecule is Cc1cc(NC(C)c2ccccc2OC(F)F)ccc1F. The van der Waals surface area contributed by atoms with Gasteiger partial charge in [0.1, 0.15) is 11.6 Å². The van der Waals surface area contributed by atoms with Crippen molar-refractivity contribution < 1.29 is 17.9 Å². The highest BCUT2D eigenvalue weighted by Crippen LogP contribution is 2.29. The van der Waals surface area contributed by atoms with Crippen LogP contribution < -0.4 is 10.1 Å². The first-order valence-corrected chi connectivity index (χ1v) is 6.54. The largest absolute Gasteiger partial charge is 0.434 e. The molecule has 21 heavy (non-hydrogen) atoms. The predicted octanol–water partition coefficient (Wildman–Crippen LogP) is 4.91. The fraction of sp³-hybridized carbons (Fsp3) is 0.250. The third-order valence-corrected chi connectivity index (χ3v) is 3.14. The average molecular weight is 295 g/mol. The fourth-order valence-electron chi connectivity index (χ4n) is 2.10. The summed E-state index contributed by atoms with van der Waals surface area (Å²) in [5.41, 5.74) is 1.84. The molecule has 0 aliphatic carbocycles. The smallest absolute Gasteiger partial charge is 0.387 e. The minimum Gasteiger partial charge on any atom is -0.434 e. The van der Waals surface area contributed by atoms with E-state index in [0.29, 0.717) is 16.8 Å². The standard InChI is InChI=1S/C16H16F3NO/c1-10-9-12(7-8-14(10)17)20-11(2)13-5-3-4-6-15(13)21-16(18)19/h3-9,11,16,20H,1-2H3. The molecular weight excluding hydrogens is 279 g/mol.